The van der Waals surface area contributed by atoms with E-state index in [1.165, 1.54) is 19.2 Å². The number of imidazole rings is 5. The van der Waals surface area contributed by atoms with Crippen LogP contribution >= 0.6 is 34.0 Å². The Labute approximate surface area is 729 Å². The minimum absolute atomic E-state index is 0.602. The third-order valence-electron chi connectivity index (χ3n) is 20.2. The van der Waals surface area contributed by atoms with E-state index in [1.807, 2.05) is 264 Å². The Kier molecular flexibility index (Phi) is 21.8. The summed E-state index contributed by atoms with van der Waals surface area (Å²) < 4.78 is 25.3. The Bertz CT molecular complexity index is 7540. The van der Waals surface area contributed by atoms with Gasteiger partial charge in [-0.1, -0.05) is 53.0 Å². The molecule has 0 aliphatic heterocycles. The van der Waals surface area contributed by atoms with Gasteiger partial charge in [0.25, 0.3) is 0 Å². The first-order valence-corrected chi connectivity index (χ1v) is 42.0. The molecule has 0 spiro atoms. The van der Waals surface area contributed by atoms with Crippen LogP contribution in [0.25, 0.3) is 99.7 Å². The van der Waals surface area contributed by atoms with Crippen molar-refractivity contribution in [1.29, 1.82) is 0 Å². The van der Waals surface area contributed by atoms with Gasteiger partial charge < -0.3 is 36.2 Å². The van der Waals surface area contributed by atoms with Gasteiger partial charge in [0, 0.05) is 174 Å². The summed E-state index contributed by atoms with van der Waals surface area (Å²) in [4.78, 5) is 61.2. The number of hydrogen-bond acceptors (Lipinski definition) is 30. The largest absolute Gasteiger partial charge is 0.495 e. The Balaban J connectivity index is 0.000000103. The van der Waals surface area contributed by atoms with Gasteiger partial charge in [-0.25, -0.2) is 69.5 Å². The molecular weight excluding hydrogens is 1650 g/mol. The van der Waals surface area contributed by atoms with Crippen LogP contribution in [-0.2, 0) is 28.2 Å². The lowest BCUT2D eigenvalue weighted by molar-refractivity contribution is 0.417. The molecule has 1 aliphatic carbocycles. The van der Waals surface area contributed by atoms with Crippen LogP contribution in [0.5, 0.6) is 5.75 Å². The maximum absolute atomic E-state index is 5.38. The first-order valence-electron chi connectivity index (χ1n) is 39.5. The van der Waals surface area contributed by atoms with Gasteiger partial charge in [-0.15, -0.1) is 21.5 Å². The van der Waals surface area contributed by atoms with E-state index in [0.717, 1.165) is 160 Å². The number of aryl methyl sites for hydroxylation is 6. The summed E-state index contributed by atoms with van der Waals surface area (Å²) in [6, 6.07) is 31.8. The summed E-state index contributed by atoms with van der Waals surface area (Å²) in [5.41, 5.74) is 19.5. The Morgan fingerprint density at radius 1 is 0.429 bits per heavy atom. The molecular formula is C86H78N36OS3. The van der Waals surface area contributed by atoms with Gasteiger partial charge in [-0.2, -0.15) is 25.5 Å². The first-order chi connectivity index (χ1) is 61.6. The van der Waals surface area contributed by atoms with Crippen molar-refractivity contribution >= 4 is 135 Å². The summed E-state index contributed by atoms with van der Waals surface area (Å²) in [6.45, 7) is 4.06. The maximum Gasteiger partial charge on any atom is 0.211 e. The first kappa shape index (κ1) is 79.4. The monoisotopic (exact) mass is 1730 g/mol. The van der Waals surface area contributed by atoms with Crippen molar-refractivity contribution in [3.63, 3.8) is 0 Å². The predicted molar refractivity (Wildman–Crippen MR) is 487 cm³/mol. The van der Waals surface area contributed by atoms with Crippen molar-refractivity contribution in [1.82, 2.24) is 146 Å². The van der Waals surface area contributed by atoms with Gasteiger partial charge in [-0.05, 0) is 93.4 Å². The van der Waals surface area contributed by atoms with E-state index in [4.69, 9.17) is 4.74 Å². The third kappa shape index (κ3) is 16.8. The SMILES string of the molecule is COc1ccccc1Nc1nccn2c(-c3cnn(C)c3)cnc12.Cc1nc(C)c(-c2cnc3c(Nc4cccc(N(C)C)c4)nccn23)s1.Cn1cc(-c2cnc3c(Nc4ccc(-n5cncn5)cc4)nccn23)cn1.Cn1cc(-c2cnc3c(Nc4nc5ccccc5s4)nccn23)cn1.Cn1cc(-c2cnc3c(Nc4nnc(C5CC5)s4)nccn23)cn1. The molecule has 0 radical (unpaired) electrons. The summed E-state index contributed by atoms with van der Waals surface area (Å²) in [6.07, 6.45) is 48.2. The van der Waals surface area contributed by atoms with E-state index in [2.05, 4.69) is 155 Å². The molecule has 1 aliphatic rings. The highest BCUT2D eigenvalue weighted by molar-refractivity contribution is 7.22. The molecule has 5 N–H and O–H groups in total. The molecule has 23 rings (SSSR count). The van der Waals surface area contributed by atoms with Crippen LogP contribution in [0.15, 0.2) is 252 Å². The second kappa shape index (κ2) is 34.6. The number of anilines is 11. The van der Waals surface area contributed by atoms with Crippen LogP contribution < -0.4 is 36.2 Å². The van der Waals surface area contributed by atoms with Gasteiger partial charge in [-0.3, -0.25) is 40.7 Å². The Morgan fingerprint density at radius 3 is 1.36 bits per heavy atom. The smallest absolute Gasteiger partial charge is 0.211 e. The molecule has 1 fully saturated rings. The molecule has 0 unspecified atom stereocenters. The molecule has 0 bridgehead atoms. The van der Waals surface area contributed by atoms with Gasteiger partial charge in [0.15, 0.2) is 62.5 Å². The molecule has 1 saturated carbocycles. The number of rotatable bonds is 19. The van der Waals surface area contributed by atoms with Gasteiger partial charge in [0.1, 0.15) is 23.4 Å². The molecule has 40 heteroatoms. The number of nitrogens with zero attached hydrogens (tertiary/aromatic N) is 31. The second-order valence-electron chi connectivity index (χ2n) is 29.2. The van der Waals surface area contributed by atoms with Crippen LogP contribution in [0.2, 0.25) is 0 Å². The Hall–Kier alpha value is -16.4. The minimum atomic E-state index is 0.602. The topological polar surface area (TPSA) is 377 Å². The summed E-state index contributed by atoms with van der Waals surface area (Å²) >= 11 is 4.87. The number of para-hydroxylation sites is 3. The van der Waals surface area contributed by atoms with E-state index < -0.39 is 0 Å². The van der Waals surface area contributed by atoms with Gasteiger partial charge in [0.05, 0.1) is 129 Å². The van der Waals surface area contributed by atoms with Gasteiger partial charge in [0.2, 0.25) is 5.13 Å². The maximum atomic E-state index is 5.38. The highest BCUT2D eigenvalue weighted by Crippen LogP contribution is 2.43. The normalized spacial score (nSPS) is 11.8. The second-order valence-corrected chi connectivity index (χ2v) is 32.4. The zero-order valence-electron chi connectivity index (χ0n) is 69.2. The highest BCUT2D eigenvalue weighted by Gasteiger charge is 2.28. The molecule has 4 aromatic carbocycles. The molecule has 18 aromatic heterocycles. The lowest BCUT2D eigenvalue weighted by Crippen LogP contribution is -2.08. The fourth-order valence-corrected chi connectivity index (χ4v) is 16.7. The van der Waals surface area contributed by atoms with E-state index in [9.17, 15) is 0 Å². The average molecular weight is 1730 g/mol. The lowest BCUT2D eigenvalue weighted by Gasteiger charge is -2.14. The van der Waals surface area contributed by atoms with Crippen LogP contribution in [0, 0.1) is 13.8 Å². The van der Waals surface area contributed by atoms with Crippen molar-refractivity contribution in [2.75, 3.05) is 52.7 Å². The summed E-state index contributed by atoms with van der Waals surface area (Å²) in [5.74, 6) is 4.78. The number of fused-ring (bicyclic) bond motifs is 6. The Morgan fingerprint density at radius 2 is 0.897 bits per heavy atom. The molecule has 626 valence electrons. The number of thiazole rings is 2. The quantitative estimate of drug-likeness (QED) is 0.0502. The number of aromatic nitrogens is 30. The summed E-state index contributed by atoms with van der Waals surface area (Å²) in [5, 5.41) is 49.8. The molecule has 126 heavy (non-hydrogen) atoms. The van der Waals surface area contributed by atoms with E-state index in [0.29, 0.717) is 29.2 Å². The average Bonchev–Trinajstić information content (AvgIpc) is 1.66. The zero-order chi connectivity index (χ0) is 85.9. The van der Waals surface area contributed by atoms with E-state index in [1.54, 1.807) is 102 Å². The fourth-order valence-electron chi connectivity index (χ4n) is 14.0. The number of benzene rings is 4. The van der Waals surface area contributed by atoms with Crippen LogP contribution in [-0.4, -0.2) is 167 Å². The molecule has 22 aromatic rings. The number of nitrogens with one attached hydrogen (secondary N) is 5. The number of hydrogen-bond donors (Lipinski definition) is 5. The number of ether oxygens (including phenoxy) is 1. The minimum Gasteiger partial charge on any atom is -0.495 e. The lowest BCUT2D eigenvalue weighted by atomic mass is 10.2. The van der Waals surface area contributed by atoms with Crippen molar-refractivity contribution in [3.05, 3.63) is 268 Å². The van der Waals surface area contributed by atoms with Crippen LogP contribution in [0.4, 0.5) is 62.1 Å². The molecule has 0 saturated heterocycles. The van der Waals surface area contributed by atoms with Crippen molar-refractivity contribution in [3.8, 4) is 67.0 Å². The van der Waals surface area contributed by atoms with E-state index >= 15 is 0 Å². The molecule has 18 heterocycles. The highest BCUT2D eigenvalue weighted by atomic mass is 32.1. The zero-order valence-corrected chi connectivity index (χ0v) is 71.6. The third-order valence-corrected chi connectivity index (χ3v) is 23.2. The van der Waals surface area contributed by atoms with Gasteiger partial charge >= 0.3 is 0 Å². The molecule has 0 amide bonds. The fraction of sp³-hybridized carbons (Fsp3) is 0.140. The molecule has 0 atom stereocenters. The van der Waals surface area contributed by atoms with Crippen molar-refractivity contribution in [2.24, 2.45) is 28.2 Å². The summed E-state index contributed by atoms with van der Waals surface area (Å²) in [7, 11) is 13.3. The predicted octanol–water partition coefficient (Wildman–Crippen LogP) is 15.7. The van der Waals surface area contributed by atoms with Crippen LogP contribution in [0.1, 0.15) is 34.5 Å². The number of methoxy groups -OCH3 is 1. The van der Waals surface area contributed by atoms with Crippen molar-refractivity contribution in [2.45, 2.75) is 32.6 Å². The van der Waals surface area contributed by atoms with Crippen molar-refractivity contribution < 1.29 is 4.74 Å². The standard InChI is InChI=1S/C19H20N6S.C18H15N9.C17H13N7S.C17H16N6O.C15H14N8S/c1-12-17(26-13(2)22-12)16-11-21-19-18(20-8-9-25(16)19)23-14-6-5-7-15(10-14)24(3)4;1-25-10-13(8-22-25)16-9-21-18-17(20-6-7-26(16)18)24-14-2-4-15(5-3-14)27-12-19-11-23-27;1-23-10-11(8-20-23)13-9-19-16-15(18-6-7-24(13)16)22-17-21-12-4-2-3-5-14(12)25-17;1-22-11-12(9-20-22)14-10-19-17-16(18-7-8-23(14)17)21-13-5-3-4-6-15(13)24-2;1-22-8-10(6-18-22)11-7-17-13-12(16-4-5-23(11)13)19-15-21-20-14(24-15)9-2-3-9/h5-11H,1-4H3,(H,20,23);2-12H,1H3,(H,20,24);2-10H,1H3,(H,18,21,22);3-11H,1-2H3,(H,18,21);4-9H,2-3H2,1H3,(H,16,19,21). The van der Waals surface area contributed by atoms with E-state index in [-0.39, 0.29) is 0 Å². The molecule has 37 nitrogen and oxygen atoms in total. The van der Waals surface area contributed by atoms with Crippen LogP contribution in [0.3, 0.4) is 0 Å².